The van der Waals surface area contributed by atoms with Gasteiger partial charge in [0.2, 0.25) is 22.7 Å². The Bertz CT molecular complexity index is 1640. The van der Waals surface area contributed by atoms with Crippen LogP contribution in [-0.2, 0) is 21.4 Å². The predicted octanol–water partition coefficient (Wildman–Crippen LogP) is 4.49. The third kappa shape index (κ3) is 6.09. The summed E-state index contributed by atoms with van der Waals surface area (Å²) in [7, 11) is -3.66. The molecule has 0 aliphatic carbocycles. The lowest BCUT2D eigenvalue weighted by Crippen LogP contribution is -2.30. The third-order valence-corrected chi connectivity index (χ3v) is 9.73. The number of nitrogens with one attached hydrogen (secondary N) is 1. The molecule has 0 spiro atoms. The van der Waals surface area contributed by atoms with E-state index in [-0.39, 0.29) is 17.6 Å². The van der Waals surface area contributed by atoms with E-state index >= 15 is 0 Å². The molecule has 1 amide bonds. The monoisotopic (exact) mass is 593 g/mol. The van der Waals surface area contributed by atoms with Crippen LogP contribution in [0.3, 0.4) is 0 Å². The van der Waals surface area contributed by atoms with Gasteiger partial charge in [-0.25, -0.2) is 8.42 Å². The highest BCUT2D eigenvalue weighted by molar-refractivity contribution is 8.00. The molecule has 0 fully saturated rings. The Balaban J connectivity index is 1.40. The number of hydrogen-bond donors (Lipinski definition) is 1. The van der Waals surface area contributed by atoms with Crippen molar-refractivity contribution in [3.63, 3.8) is 0 Å². The lowest BCUT2D eigenvalue weighted by atomic mass is 10.2. The van der Waals surface area contributed by atoms with Crippen LogP contribution in [0, 0.1) is 0 Å². The summed E-state index contributed by atoms with van der Waals surface area (Å²) in [5, 5.41) is 11.8. The number of carbonyl (C=O) groups is 1. The van der Waals surface area contributed by atoms with Gasteiger partial charge in [0.25, 0.3) is 0 Å². The fraction of sp³-hybridized carbons (Fsp3) is 0.276. The summed E-state index contributed by atoms with van der Waals surface area (Å²) < 4.78 is 40.4. The first kappa shape index (κ1) is 28.7. The molecule has 1 N–H and O–H groups in total. The van der Waals surface area contributed by atoms with Crippen LogP contribution >= 0.6 is 11.8 Å². The molecule has 0 unspecified atom stereocenters. The van der Waals surface area contributed by atoms with Crippen LogP contribution in [0.2, 0.25) is 0 Å². The molecule has 41 heavy (non-hydrogen) atoms. The molecule has 1 aliphatic heterocycles. The fourth-order valence-corrected chi connectivity index (χ4v) is 6.84. The minimum absolute atomic E-state index is 0.163. The van der Waals surface area contributed by atoms with E-state index in [1.54, 1.807) is 31.2 Å². The lowest BCUT2D eigenvalue weighted by molar-refractivity contribution is -0.120. The summed E-state index contributed by atoms with van der Waals surface area (Å²) in [6, 6.07) is 21.8. The molecule has 1 atom stereocenters. The average Bonchev–Trinajstić information content (AvgIpc) is 3.63. The van der Waals surface area contributed by atoms with Crippen LogP contribution in [0.1, 0.15) is 26.3 Å². The molecule has 12 heteroatoms. The third-order valence-electron chi connectivity index (χ3n) is 6.64. The number of para-hydroxylation sites is 1. The van der Waals surface area contributed by atoms with Crippen molar-refractivity contribution in [1.82, 2.24) is 24.4 Å². The van der Waals surface area contributed by atoms with Crippen LogP contribution in [0.4, 0.5) is 0 Å². The smallest absolute Gasteiger partial charge is 0.243 e. The van der Waals surface area contributed by atoms with Crippen molar-refractivity contribution < 1.29 is 22.7 Å². The minimum atomic E-state index is -3.66. The van der Waals surface area contributed by atoms with E-state index in [4.69, 9.17) is 9.47 Å². The highest BCUT2D eigenvalue weighted by atomic mass is 32.2. The Hall–Kier alpha value is -3.87. The van der Waals surface area contributed by atoms with Crippen molar-refractivity contribution in [2.75, 3.05) is 19.9 Å². The molecule has 0 bridgehead atoms. The second-order valence-corrected chi connectivity index (χ2v) is 12.5. The van der Waals surface area contributed by atoms with E-state index in [0.717, 1.165) is 11.3 Å². The van der Waals surface area contributed by atoms with Crippen molar-refractivity contribution >= 4 is 27.7 Å². The first-order chi connectivity index (χ1) is 19.8. The number of aromatic nitrogens is 3. The highest BCUT2D eigenvalue weighted by Gasteiger charge is 2.25. The summed E-state index contributed by atoms with van der Waals surface area (Å²) in [6.45, 7) is 6.71. The Labute approximate surface area is 243 Å². The van der Waals surface area contributed by atoms with Gasteiger partial charge in [-0.3, -0.25) is 9.36 Å². The number of rotatable bonds is 11. The maximum absolute atomic E-state index is 13.2. The zero-order valence-corrected chi connectivity index (χ0v) is 24.6. The number of sulfonamides is 1. The zero-order chi connectivity index (χ0) is 29.0. The normalized spacial score (nSPS) is 13.4. The van der Waals surface area contributed by atoms with E-state index in [0.29, 0.717) is 47.7 Å². The van der Waals surface area contributed by atoms with Gasteiger partial charge in [-0.2, -0.15) is 4.31 Å². The maximum Gasteiger partial charge on any atom is 0.243 e. The van der Waals surface area contributed by atoms with Crippen molar-refractivity contribution in [1.29, 1.82) is 0 Å². The Morgan fingerprint density at radius 1 is 1.00 bits per heavy atom. The van der Waals surface area contributed by atoms with E-state index in [2.05, 4.69) is 15.5 Å². The molecule has 4 aromatic rings. The summed E-state index contributed by atoms with van der Waals surface area (Å²) in [6.07, 6.45) is 0. The van der Waals surface area contributed by atoms with Gasteiger partial charge in [0, 0.05) is 30.9 Å². The summed E-state index contributed by atoms with van der Waals surface area (Å²) >= 11 is 1.27. The van der Waals surface area contributed by atoms with Gasteiger partial charge in [-0.15, -0.1) is 10.2 Å². The van der Waals surface area contributed by atoms with Gasteiger partial charge in [-0.1, -0.05) is 62.0 Å². The first-order valence-corrected chi connectivity index (χ1v) is 15.6. The minimum Gasteiger partial charge on any atom is -0.454 e. The Kier molecular flexibility index (Phi) is 8.62. The number of fused-ring (bicyclic) bond motifs is 1. The number of carbonyl (C=O) groups excluding carboxylic acids is 1. The topological polar surface area (TPSA) is 116 Å². The van der Waals surface area contributed by atoms with Crippen molar-refractivity contribution in [3.05, 3.63) is 78.4 Å². The van der Waals surface area contributed by atoms with Crippen LogP contribution in [0.15, 0.2) is 82.8 Å². The van der Waals surface area contributed by atoms with Gasteiger partial charge in [0.05, 0.1) is 10.1 Å². The predicted molar refractivity (Wildman–Crippen MR) is 157 cm³/mol. The molecule has 5 rings (SSSR count). The number of thioether (sulfide) groups is 1. The number of amides is 1. The van der Waals surface area contributed by atoms with Crippen LogP contribution < -0.4 is 14.8 Å². The standard InChI is InChI=1S/C29H31N5O5S2/c1-4-33(5-2)41(36,37)24-13-9-10-22(17-24)27-31-32-29(34(27)23-11-7-6-8-12-23)40-20(3)28(35)30-18-21-14-15-25-26(16-21)39-19-38-25/h6-17,20H,4-5,18-19H2,1-3H3,(H,30,35)/t20-/m1/s1. The van der Waals surface area contributed by atoms with Gasteiger partial charge >= 0.3 is 0 Å². The second kappa shape index (κ2) is 12.3. The van der Waals surface area contributed by atoms with Crippen molar-refractivity contribution in [3.8, 4) is 28.6 Å². The summed E-state index contributed by atoms with van der Waals surface area (Å²) in [5.41, 5.74) is 2.29. The number of ether oxygens (including phenoxy) is 2. The van der Waals surface area contributed by atoms with Crippen molar-refractivity contribution in [2.45, 2.75) is 42.6 Å². The zero-order valence-electron chi connectivity index (χ0n) is 23.0. The molecule has 1 aliphatic rings. The molecule has 2 heterocycles. The fourth-order valence-electron chi connectivity index (χ4n) is 4.45. The highest BCUT2D eigenvalue weighted by Crippen LogP contribution is 2.33. The summed E-state index contributed by atoms with van der Waals surface area (Å²) in [5.74, 6) is 1.67. The summed E-state index contributed by atoms with van der Waals surface area (Å²) in [4.78, 5) is 13.2. The Morgan fingerprint density at radius 2 is 1.76 bits per heavy atom. The molecule has 214 valence electrons. The van der Waals surface area contributed by atoms with Crippen molar-refractivity contribution in [2.24, 2.45) is 0 Å². The van der Waals surface area contributed by atoms with Crippen LogP contribution in [0.5, 0.6) is 11.5 Å². The van der Waals surface area contributed by atoms with Gasteiger partial charge in [0.15, 0.2) is 22.5 Å². The van der Waals surface area contributed by atoms with E-state index in [1.807, 2.05) is 66.9 Å². The number of benzene rings is 3. The number of hydrogen-bond acceptors (Lipinski definition) is 8. The molecular formula is C29H31N5O5S2. The van der Waals surface area contributed by atoms with Gasteiger partial charge < -0.3 is 14.8 Å². The van der Waals surface area contributed by atoms with E-state index in [9.17, 15) is 13.2 Å². The Morgan fingerprint density at radius 3 is 2.51 bits per heavy atom. The molecule has 0 saturated heterocycles. The molecule has 1 aromatic heterocycles. The SMILES string of the molecule is CCN(CC)S(=O)(=O)c1cccc(-c2nnc(S[C@H](C)C(=O)NCc3ccc4c(c3)OCO4)n2-c2ccccc2)c1. The van der Waals surface area contributed by atoms with Gasteiger partial charge in [-0.05, 0) is 48.9 Å². The van der Waals surface area contributed by atoms with Crippen LogP contribution in [-0.4, -0.2) is 58.5 Å². The maximum atomic E-state index is 13.2. The molecule has 3 aromatic carbocycles. The van der Waals surface area contributed by atoms with E-state index in [1.165, 1.54) is 16.1 Å². The molecular weight excluding hydrogens is 562 g/mol. The molecule has 0 saturated carbocycles. The molecule has 0 radical (unpaired) electrons. The quantitative estimate of drug-likeness (QED) is 0.253. The second-order valence-electron chi connectivity index (χ2n) is 9.26. The number of nitrogens with zero attached hydrogens (tertiary/aromatic N) is 4. The largest absolute Gasteiger partial charge is 0.454 e. The van der Waals surface area contributed by atoms with Gasteiger partial charge in [0.1, 0.15) is 0 Å². The lowest BCUT2D eigenvalue weighted by Gasteiger charge is -2.19. The van der Waals surface area contributed by atoms with Crippen LogP contribution in [0.25, 0.3) is 17.1 Å². The van der Waals surface area contributed by atoms with E-state index < -0.39 is 15.3 Å². The average molecular weight is 594 g/mol. The first-order valence-electron chi connectivity index (χ1n) is 13.3. The molecule has 10 nitrogen and oxygen atoms in total.